The molecule has 3 aromatic rings. The largest absolute Gasteiger partial charge is 0.481 e. The first-order valence-electron chi connectivity index (χ1n) is 7.90. The Morgan fingerprint density at radius 2 is 2.07 bits per heavy atom. The molecule has 3 N–H and O–H groups in total. The molecule has 2 heterocycles. The van der Waals surface area contributed by atoms with E-state index >= 15 is 0 Å². The van der Waals surface area contributed by atoms with Crippen molar-refractivity contribution in [3.63, 3.8) is 0 Å². The van der Waals surface area contributed by atoms with Gasteiger partial charge in [0.1, 0.15) is 11.6 Å². The van der Waals surface area contributed by atoms with Crippen molar-refractivity contribution >= 4 is 30.0 Å². The third kappa shape index (κ3) is 5.83. The fourth-order valence-corrected chi connectivity index (χ4v) is 2.44. The second kappa shape index (κ2) is 9.59. The highest BCUT2D eigenvalue weighted by molar-refractivity contribution is 6.30. The SMILES string of the molecule is Cl.N[C@@H](CC(=O)O)Cc1nc(-c2ccc(Oc3ncc(Cl)cc3F)cc2F)no1. The summed E-state index contributed by atoms with van der Waals surface area (Å²) in [6.07, 6.45) is 0.956. The van der Waals surface area contributed by atoms with Crippen LogP contribution >= 0.6 is 24.0 Å². The van der Waals surface area contributed by atoms with Crippen LogP contribution in [-0.2, 0) is 11.2 Å². The van der Waals surface area contributed by atoms with E-state index in [2.05, 4.69) is 15.1 Å². The van der Waals surface area contributed by atoms with Crippen molar-refractivity contribution in [2.24, 2.45) is 5.73 Å². The van der Waals surface area contributed by atoms with Gasteiger partial charge in [-0.3, -0.25) is 4.79 Å². The molecule has 0 radical (unpaired) electrons. The van der Waals surface area contributed by atoms with Gasteiger partial charge in [0, 0.05) is 24.7 Å². The normalized spacial score (nSPS) is 11.6. The van der Waals surface area contributed by atoms with Crippen LogP contribution in [0.1, 0.15) is 12.3 Å². The molecule has 0 fully saturated rings. The van der Waals surface area contributed by atoms with Crippen molar-refractivity contribution in [2.75, 3.05) is 0 Å². The van der Waals surface area contributed by atoms with E-state index in [4.69, 9.17) is 31.7 Å². The van der Waals surface area contributed by atoms with Gasteiger partial charge in [0.2, 0.25) is 11.7 Å². The Bertz CT molecular complexity index is 1020. The number of aliphatic carboxylic acids is 1. The lowest BCUT2D eigenvalue weighted by molar-refractivity contribution is -0.137. The zero-order valence-corrected chi connectivity index (χ0v) is 16.1. The molecule has 0 aliphatic heterocycles. The molecule has 12 heteroatoms. The standard InChI is InChI=1S/C17H13ClF2N4O4.ClH/c18-8-3-13(20)17(22-7-8)27-10-1-2-11(12(19)6-10)16-23-14(28-24-16)4-9(21)5-15(25)26;/h1-3,6-7,9H,4-5,21H2,(H,25,26);1H/t9-;/m1./s1. The molecule has 3 rings (SSSR count). The molecule has 29 heavy (non-hydrogen) atoms. The number of ether oxygens (including phenoxy) is 1. The number of aromatic nitrogens is 3. The zero-order chi connectivity index (χ0) is 20.3. The number of nitrogens with zero attached hydrogens (tertiary/aromatic N) is 3. The highest BCUT2D eigenvalue weighted by Gasteiger charge is 2.18. The molecule has 0 aliphatic rings. The lowest BCUT2D eigenvalue weighted by atomic mass is 10.1. The van der Waals surface area contributed by atoms with E-state index in [9.17, 15) is 13.6 Å². The summed E-state index contributed by atoms with van der Waals surface area (Å²) in [6.45, 7) is 0. The van der Waals surface area contributed by atoms with Crippen LogP contribution in [0.15, 0.2) is 35.0 Å². The van der Waals surface area contributed by atoms with Crippen LogP contribution in [0.5, 0.6) is 11.6 Å². The van der Waals surface area contributed by atoms with Crippen LogP contribution < -0.4 is 10.5 Å². The number of nitrogens with two attached hydrogens (primary N) is 1. The Labute approximate surface area is 174 Å². The van der Waals surface area contributed by atoms with E-state index in [1.165, 1.54) is 18.3 Å². The summed E-state index contributed by atoms with van der Waals surface area (Å²) in [6, 6.07) is 4.01. The average Bonchev–Trinajstić information content (AvgIpc) is 3.04. The summed E-state index contributed by atoms with van der Waals surface area (Å²) >= 11 is 5.61. The van der Waals surface area contributed by atoms with E-state index in [1.807, 2.05) is 0 Å². The third-order valence-corrected chi connectivity index (χ3v) is 3.72. The van der Waals surface area contributed by atoms with Crippen LogP contribution in [0.2, 0.25) is 5.02 Å². The smallest absolute Gasteiger partial charge is 0.304 e. The predicted octanol–water partition coefficient (Wildman–Crippen LogP) is 3.62. The minimum atomic E-state index is -1.06. The van der Waals surface area contributed by atoms with Gasteiger partial charge in [-0.2, -0.15) is 4.98 Å². The second-order valence-corrected chi connectivity index (χ2v) is 6.19. The number of pyridine rings is 1. The Balaban J connectivity index is 0.00000300. The molecule has 0 spiro atoms. The van der Waals surface area contributed by atoms with Crippen LogP contribution in [0.4, 0.5) is 8.78 Å². The van der Waals surface area contributed by atoms with Gasteiger partial charge >= 0.3 is 5.97 Å². The van der Waals surface area contributed by atoms with Gasteiger partial charge in [-0.1, -0.05) is 16.8 Å². The number of hydrogen-bond donors (Lipinski definition) is 2. The highest BCUT2D eigenvalue weighted by Crippen LogP contribution is 2.28. The number of carboxylic acids is 1. The van der Waals surface area contributed by atoms with Crippen molar-refractivity contribution in [1.82, 2.24) is 15.1 Å². The minimum Gasteiger partial charge on any atom is -0.481 e. The molecule has 0 saturated carbocycles. The topological polar surface area (TPSA) is 124 Å². The maximum atomic E-state index is 14.4. The van der Waals surface area contributed by atoms with Crippen molar-refractivity contribution in [3.8, 4) is 23.0 Å². The van der Waals surface area contributed by atoms with Gasteiger partial charge < -0.3 is 20.1 Å². The van der Waals surface area contributed by atoms with Crippen molar-refractivity contribution < 1.29 is 27.9 Å². The monoisotopic (exact) mass is 446 g/mol. The quantitative estimate of drug-likeness (QED) is 0.563. The summed E-state index contributed by atoms with van der Waals surface area (Å²) in [5.74, 6) is -2.91. The van der Waals surface area contributed by atoms with Gasteiger partial charge in [-0.05, 0) is 18.2 Å². The number of carbonyl (C=O) groups is 1. The van der Waals surface area contributed by atoms with E-state index in [0.29, 0.717) is 0 Å². The van der Waals surface area contributed by atoms with Gasteiger partial charge in [0.15, 0.2) is 5.82 Å². The Morgan fingerprint density at radius 3 is 2.72 bits per heavy atom. The lowest BCUT2D eigenvalue weighted by Crippen LogP contribution is -2.26. The maximum absolute atomic E-state index is 14.4. The van der Waals surface area contributed by atoms with E-state index in [0.717, 1.165) is 12.1 Å². The van der Waals surface area contributed by atoms with E-state index in [1.54, 1.807) is 0 Å². The maximum Gasteiger partial charge on any atom is 0.304 e. The van der Waals surface area contributed by atoms with Crippen LogP contribution in [0, 0.1) is 11.6 Å². The average molecular weight is 447 g/mol. The molecule has 0 bridgehead atoms. The minimum absolute atomic E-state index is 0. The van der Waals surface area contributed by atoms with Crippen molar-refractivity contribution in [3.05, 3.63) is 53.0 Å². The number of carboxylic acid groups (broad SMARTS) is 1. The molecule has 0 unspecified atom stereocenters. The number of rotatable bonds is 7. The first-order valence-corrected chi connectivity index (χ1v) is 8.28. The molecule has 1 aromatic carbocycles. The number of benzene rings is 1. The van der Waals surface area contributed by atoms with E-state index < -0.39 is 23.6 Å². The molecule has 0 aliphatic carbocycles. The summed E-state index contributed by atoms with van der Waals surface area (Å²) < 4.78 is 38.3. The van der Waals surface area contributed by atoms with Crippen molar-refractivity contribution in [2.45, 2.75) is 18.9 Å². The number of hydrogen-bond acceptors (Lipinski definition) is 7. The fourth-order valence-electron chi connectivity index (χ4n) is 2.30. The van der Waals surface area contributed by atoms with Crippen LogP contribution in [-0.4, -0.2) is 32.2 Å². The Hall–Kier alpha value is -2.82. The Kier molecular flexibility index (Phi) is 7.43. The summed E-state index contributed by atoms with van der Waals surface area (Å²) in [5.41, 5.74) is 5.67. The molecule has 154 valence electrons. The van der Waals surface area contributed by atoms with Crippen LogP contribution in [0.25, 0.3) is 11.4 Å². The molecule has 1 atom stereocenters. The predicted molar refractivity (Wildman–Crippen MR) is 100 cm³/mol. The fraction of sp³-hybridized carbons (Fsp3) is 0.176. The first kappa shape index (κ1) is 22.5. The summed E-state index contributed by atoms with van der Waals surface area (Å²) in [5, 5.41) is 12.5. The third-order valence-electron chi connectivity index (χ3n) is 3.51. The second-order valence-electron chi connectivity index (χ2n) is 5.76. The van der Waals surface area contributed by atoms with Crippen molar-refractivity contribution in [1.29, 1.82) is 0 Å². The highest BCUT2D eigenvalue weighted by atomic mass is 35.5. The molecule has 2 aromatic heterocycles. The molecular weight excluding hydrogens is 433 g/mol. The van der Waals surface area contributed by atoms with Gasteiger partial charge in [-0.15, -0.1) is 12.4 Å². The zero-order valence-electron chi connectivity index (χ0n) is 14.5. The molecule has 8 nitrogen and oxygen atoms in total. The van der Waals surface area contributed by atoms with E-state index in [-0.39, 0.29) is 59.2 Å². The van der Waals surface area contributed by atoms with Gasteiger partial charge in [0.25, 0.3) is 5.88 Å². The van der Waals surface area contributed by atoms with Crippen LogP contribution in [0.3, 0.4) is 0 Å². The molecule has 0 amide bonds. The number of halogens is 4. The molecule has 0 saturated heterocycles. The summed E-state index contributed by atoms with van der Waals surface area (Å²) in [7, 11) is 0. The lowest BCUT2D eigenvalue weighted by Gasteiger charge is -2.07. The molecular formula is C17H14Cl2F2N4O4. The van der Waals surface area contributed by atoms with Gasteiger partial charge in [0.05, 0.1) is 17.0 Å². The Morgan fingerprint density at radius 1 is 1.31 bits per heavy atom. The first-order chi connectivity index (χ1) is 13.3. The van der Waals surface area contributed by atoms with Gasteiger partial charge in [-0.25, -0.2) is 13.8 Å². The summed E-state index contributed by atoms with van der Waals surface area (Å²) in [4.78, 5) is 18.3.